The van der Waals surface area contributed by atoms with E-state index in [1.165, 1.54) is 0 Å². The maximum atomic E-state index is 12.5. The Kier molecular flexibility index (Phi) is 5.69. The van der Waals surface area contributed by atoms with E-state index < -0.39 is 5.91 Å². The van der Waals surface area contributed by atoms with Gasteiger partial charge in [0, 0.05) is 27.7 Å². The van der Waals surface area contributed by atoms with Gasteiger partial charge in [0.15, 0.2) is 0 Å². The number of carbonyl (C=O) groups is 2. The minimum absolute atomic E-state index is 0.182. The van der Waals surface area contributed by atoms with Crippen LogP contribution in [0.2, 0.25) is 0 Å². The number of aromatic amines is 1. The third kappa shape index (κ3) is 4.17. The molecule has 0 atom stereocenters. The molecule has 0 saturated heterocycles. The molecule has 0 fully saturated rings. The molecule has 1 heterocycles. The number of benzene rings is 2. The first-order valence-corrected chi connectivity index (χ1v) is 8.92. The van der Waals surface area contributed by atoms with E-state index in [-0.39, 0.29) is 11.6 Å². The van der Waals surface area contributed by atoms with Crippen LogP contribution in [-0.2, 0) is 4.79 Å². The van der Waals surface area contributed by atoms with Crippen LogP contribution in [0.25, 0.3) is 10.9 Å². The van der Waals surface area contributed by atoms with Crippen LogP contribution in [0.5, 0.6) is 0 Å². The lowest BCUT2D eigenvalue weighted by Crippen LogP contribution is -2.33. The number of H-pyrrole nitrogens is 1. The van der Waals surface area contributed by atoms with Gasteiger partial charge >= 0.3 is 0 Å². The quantitative estimate of drug-likeness (QED) is 0.362. The summed E-state index contributed by atoms with van der Waals surface area (Å²) in [5, 5.41) is 7.77. The second-order valence-corrected chi connectivity index (χ2v) is 6.60. The summed E-state index contributed by atoms with van der Waals surface area (Å²) < 4.78 is 0. The number of hydrogen-bond donors (Lipinski definition) is 3. The average molecular weight is 374 g/mol. The highest BCUT2D eigenvalue weighted by atomic mass is 16.2. The minimum Gasteiger partial charge on any atom is -0.358 e. The summed E-state index contributed by atoms with van der Waals surface area (Å²) in [6.45, 7) is 5.46. The highest BCUT2D eigenvalue weighted by Crippen LogP contribution is 2.19. The van der Waals surface area contributed by atoms with Gasteiger partial charge in [0.05, 0.1) is 6.21 Å². The standard InChI is InChI=1S/C22H22N4O2/c1-14(2)20(25-21(27)16-9-5-4-6-10-16)22(28)26-23-13-18-15(3)24-19-12-8-7-11-17(18)19/h4-13,24H,1-3H3,(H,25,27)(H,26,28)/b23-13-. The predicted octanol–water partition coefficient (Wildman–Crippen LogP) is 3.65. The molecule has 2 amide bonds. The number of hydrazone groups is 1. The Morgan fingerprint density at radius 2 is 1.68 bits per heavy atom. The fraction of sp³-hybridized carbons (Fsp3) is 0.136. The van der Waals surface area contributed by atoms with Crippen LogP contribution < -0.4 is 10.7 Å². The average Bonchev–Trinajstić information content (AvgIpc) is 3.01. The number of allylic oxidation sites excluding steroid dienone is 1. The molecule has 0 bridgehead atoms. The van der Waals surface area contributed by atoms with Gasteiger partial charge in [0.25, 0.3) is 11.8 Å². The van der Waals surface area contributed by atoms with E-state index in [1.807, 2.05) is 37.3 Å². The zero-order valence-corrected chi connectivity index (χ0v) is 16.0. The summed E-state index contributed by atoms with van der Waals surface area (Å²) in [7, 11) is 0. The number of hydrogen-bond acceptors (Lipinski definition) is 3. The van der Waals surface area contributed by atoms with Crippen molar-refractivity contribution < 1.29 is 9.59 Å². The first-order valence-electron chi connectivity index (χ1n) is 8.92. The van der Waals surface area contributed by atoms with Crippen molar-refractivity contribution in [2.75, 3.05) is 0 Å². The van der Waals surface area contributed by atoms with Crippen LogP contribution in [0.1, 0.15) is 35.5 Å². The number of carbonyl (C=O) groups excluding carboxylic acids is 2. The van der Waals surface area contributed by atoms with Crippen molar-refractivity contribution in [1.82, 2.24) is 15.7 Å². The smallest absolute Gasteiger partial charge is 0.287 e. The van der Waals surface area contributed by atoms with Gasteiger partial charge in [0.2, 0.25) is 0 Å². The van der Waals surface area contributed by atoms with Crippen molar-refractivity contribution >= 4 is 28.9 Å². The Hall–Kier alpha value is -3.67. The van der Waals surface area contributed by atoms with Gasteiger partial charge in [-0.2, -0.15) is 5.10 Å². The van der Waals surface area contributed by atoms with Crippen LogP contribution in [0.15, 0.2) is 71.0 Å². The molecule has 0 aliphatic carbocycles. The Balaban J connectivity index is 1.73. The number of fused-ring (bicyclic) bond motifs is 1. The van der Waals surface area contributed by atoms with Crippen molar-refractivity contribution in [2.24, 2.45) is 5.10 Å². The molecule has 28 heavy (non-hydrogen) atoms. The van der Waals surface area contributed by atoms with Crippen molar-refractivity contribution in [1.29, 1.82) is 0 Å². The van der Waals surface area contributed by atoms with Crippen molar-refractivity contribution in [3.05, 3.63) is 82.7 Å². The van der Waals surface area contributed by atoms with Crippen molar-refractivity contribution in [2.45, 2.75) is 20.8 Å². The van der Waals surface area contributed by atoms with Gasteiger partial charge in [0.1, 0.15) is 5.70 Å². The summed E-state index contributed by atoms with van der Waals surface area (Å²) in [4.78, 5) is 28.2. The molecule has 3 rings (SSSR count). The topological polar surface area (TPSA) is 86.3 Å². The molecule has 3 aromatic rings. The lowest BCUT2D eigenvalue weighted by Gasteiger charge is -2.10. The molecule has 0 radical (unpaired) electrons. The first-order chi connectivity index (χ1) is 13.5. The van der Waals surface area contributed by atoms with Crippen LogP contribution >= 0.6 is 0 Å². The molecule has 0 aliphatic heterocycles. The molecule has 0 saturated carbocycles. The largest absolute Gasteiger partial charge is 0.358 e. The fourth-order valence-corrected chi connectivity index (χ4v) is 2.86. The molecule has 6 nitrogen and oxygen atoms in total. The van der Waals surface area contributed by atoms with Crippen molar-refractivity contribution in [3.8, 4) is 0 Å². The third-order valence-electron chi connectivity index (χ3n) is 4.30. The molecule has 0 aliphatic rings. The number of nitrogens with zero attached hydrogens (tertiary/aromatic N) is 1. The highest BCUT2D eigenvalue weighted by molar-refractivity contribution is 6.04. The van der Waals surface area contributed by atoms with Gasteiger partial charge in [-0.05, 0) is 44.5 Å². The number of para-hydroxylation sites is 1. The van der Waals surface area contributed by atoms with Gasteiger partial charge in [-0.3, -0.25) is 9.59 Å². The predicted molar refractivity (Wildman–Crippen MR) is 111 cm³/mol. The van der Waals surface area contributed by atoms with E-state index in [2.05, 4.69) is 20.8 Å². The summed E-state index contributed by atoms with van der Waals surface area (Å²) in [5.41, 5.74) is 6.71. The van der Waals surface area contributed by atoms with E-state index >= 15 is 0 Å². The Morgan fingerprint density at radius 3 is 2.39 bits per heavy atom. The van der Waals surface area contributed by atoms with Crippen LogP contribution in [0.4, 0.5) is 0 Å². The SMILES string of the molecule is CC(C)=C(NC(=O)c1ccccc1)C(=O)N/N=C\c1c(C)[nH]c2ccccc12. The van der Waals surface area contributed by atoms with E-state index in [0.717, 1.165) is 22.2 Å². The second-order valence-electron chi connectivity index (χ2n) is 6.60. The maximum Gasteiger partial charge on any atom is 0.287 e. The van der Waals surface area contributed by atoms with Gasteiger partial charge < -0.3 is 10.3 Å². The number of rotatable bonds is 5. The van der Waals surface area contributed by atoms with Crippen LogP contribution in [-0.4, -0.2) is 23.0 Å². The van der Waals surface area contributed by atoms with E-state index in [9.17, 15) is 9.59 Å². The molecule has 2 aromatic carbocycles. The monoisotopic (exact) mass is 374 g/mol. The van der Waals surface area contributed by atoms with Crippen LogP contribution in [0, 0.1) is 6.92 Å². The van der Waals surface area contributed by atoms with Gasteiger partial charge in [-0.25, -0.2) is 5.43 Å². The number of nitrogens with one attached hydrogen (secondary N) is 3. The number of aryl methyl sites for hydroxylation is 1. The van der Waals surface area contributed by atoms with E-state index in [1.54, 1.807) is 44.3 Å². The zero-order valence-electron chi connectivity index (χ0n) is 16.0. The molecule has 6 heteroatoms. The van der Waals surface area contributed by atoms with Crippen LogP contribution in [0.3, 0.4) is 0 Å². The molecule has 0 unspecified atom stereocenters. The number of aromatic nitrogens is 1. The highest BCUT2D eigenvalue weighted by Gasteiger charge is 2.15. The normalized spacial score (nSPS) is 10.8. The summed E-state index contributed by atoms with van der Waals surface area (Å²) in [6.07, 6.45) is 1.60. The molecule has 0 spiro atoms. The molecule has 3 N–H and O–H groups in total. The Morgan fingerprint density at radius 1 is 1.00 bits per heavy atom. The number of amides is 2. The molecular weight excluding hydrogens is 352 g/mol. The van der Waals surface area contributed by atoms with Gasteiger partial charge in [-0.15, -0.1) is 0 Å². The second kappa shape index (κ2) is 8.35. The summed E-state index contributed by atoms with van der Waals surface area (Å²) in [5.74, 6) is -0.818. The lowest BCUT2D eigenvalue weighted by atomic mass is 10.1. The maximum absolute atomic E-state index is 12.5. The van der Waals surface area contributed by atoms with E-state index in [4.69, 9.17) is 0 Å². The Labute approximate surface area is 163 Å². The lowest BCUT2D eigenvalue weighted by molar-refractivity contribution is -0.117. The zero-order chi connectivity index (χ0) is 20.1. The molecular formula is C22H22N4O2. The third-order valence-corrected chi connectivity index (χ3v) is 4.30. The molecule has 142 valence electrons. The summed E-state index contributed by atoms with van der Waals surface area (Å²) in [6, 6.07) is 16.6. The fourth-order valence-electron chi connectivity index (χ4n) is 2.86. The van der Waals surface area contributed by atoms with Crippen molar-refractivity contribution in [3.63, 3.8) is 0 Å². The van der Waals surface area contributed by atoms with E-state index in [0.29, 0.717) is 11.1 Å². The first kappa shape index (κ1) is 19.1. The minimum atomic E-state index is -0.474. The molecule has 1 aromatic heterocycles. The van der Waals surface area contributed by atoms with Gasteiger partial charge in [-0.1, -0.05) is 36.4 Å². The Bertz CT molecular complexity index is 1070. The summed E-state index contributed by atoms with van der Waals surface area (Å²) >= 11 is 0.